The highest BCUT2D eigenvalue weighted by molar-refractivity contribution is 6.02. The molecule has 7 nitrogen and oxygen atoms in total. The first-order valence-electron chi connectivity index (χ1n) is 9.97. The maximum absolute atomic E-state index is 12.8. The van der Waals surface area contributed by atoms with Crippen LogP contribution < -0.4 is 10.1 Å². The summed E-state index contributed by atoms with van der Waals surface area (Å²) in [5.74, 6) is 1.05. The zero-order valence-electron chi connectivity index (χ0n) is 17.2. The van der Waals surface area contributed by atoms with Crippen LogP contribution in [0.2, 0.25) is 0 Å². The maximum Gasteiger partial charge on any atom is 0.350 e. The molecule has 0 aromatic heterocycles. The standard InChI is InChI=1S/C24H24N4O3/c1-31-21-14-12-19(13-15-21)16-27-22(25-20-10-6-3-7-11-20)26-23(29)28(24(27)30)17-18-8-4-2-5-9-18/h2-15,24,30H,16-17H2,1H3,(H,25,26,29). The SMILES string of the molecule is COc1ccc(CN2C(Nc3ccccc3)=NC(=O)N(Cc3ccccc3)C2O)cc1. The van der Waals surface area contributed by atoms with Gasteiger partial charge in [0.15, 0.2) is 0 Å². The summed E-state index contributed by atoms with van der Waals surface area (Å²) in [7, 11) is 1.62. The van der Waals surface area contributed by atoms with Crippen molar-refractivity contribution in [3.8, 4) is 5.75 Å². The van der Waals surface area contributed by atoms with Crippen molar-refractivity contribution < 1.29 is 14.6 Å². The van der Waals surface area contributed by atoms with E-state index in [1.165, 1.54) is 4.90 Å². The third-order valence-corrected chi connectivity index (χ3v) is 5.01. The van der Waals surface area contributed by atoms with Crippen LogP contribution in [0.5, 0.6) is 5.75 Å². The van der Waals surface area contributed by atoms with Gasteiger partial charge in [0.05, 0.1) is 20.2 Å². The summed E-state index contributed by atoms with van der Waals surface area (Å²) in [5.41, 5.74) is 2.63. The molecule has 2 N–H and O–H groups in total. The molecule has 0 bridgehead atoms. The highest BCUT2D eigenvalue weighted by atomic mass is 16.5. The predicted octanol–water partition coefficient (Wildman–Crippen LogP) is 3.88. The first-order valence-corrected chi connectivity index (χ1v) is 9.97. The number of aliphatic imine (C=N–C) groups is 1. The van der Waals surface area contributed by atoms with Gasteiger partial charge in [0.2, 0.25) is 12.3 Å². The molecule has 3 aromatic carbocycles. The maximum atomic E-state index is 12.8. The highest BCUT2D eigenvalue weighted by Gasteiger charge is 2.35. The van der Waals surface area contributed by atoms with Crippen molar-refractivity contribution in [2.24, 2.45) is 4.99 Å². The molecule has 0 saturated heterocycles. The number of nitrogens with one attached hydrogen (secondary N) is 1. The molecule has 158 valence electrons. The second-order valence-corrected chi connectivity index (χ2v) is 7.14. The van der Waals surface area contributed by atoms with Crippen LogP contribution in [0.15, 0.2) is 89.9 Å². The number of carbonyl (C=O) groups is 1. The van der Waals surface area contributed by atoms with Crippen LogP contribution in [-0.2, 0) is 13.1 Å². The Morgan fingerprint density at radius 2 is 1.45 bits per heavy atom. The molecule has 1 aliphatic heterocycles. The molecule has 1 atom stereocenters. The smallest absolute Gasteiger partial charge is 0.350 e. The van der Waals surface area contributed by atoms with E-state index in [0.717, 1.165) is 22.6 Å². The molecule has 1 heterocycles. The third kappa shape index (κ3) is 4.84. The van der Waals surface area contributed by atoms with Crippen molar-refractivity contribution in [1.29, 1.82) is 0 Å². The van der Waals surface area contributed by atoms with E-state index < -0.39 is 12.4 Å². The van der Waals surface area contributed by atoms with Gasteiger partial charge in [-0.3, -0.25) is 9.80 Å². The summed E-state index contributed by atoms with van der Waals surface area (Å²) >= 11 is 0. The largest absolute Gasteiger partial charge is 0.497 e. The van der Waals surface area contributed by atoms with Gasteiger partial charge in [-0.2, -0.15) is 4.99 Å². The number of aliphatic hydroxyl groups excluding tert-OH is 1. The van der Waals surface area contributed by atoms with E-state index in [0.29, 0.717) is 12.5 Å². The van der Waals surface area contributed by atoms with Crippen molar-refractivity contribution in [3.63, 3.8) is 0 Å². The van der Waals surface area contributed by atoms with Crippen molar-refractivity contribution >= 4 is 17.7 Å². The number of para-hydroxylation sites is 1. The van der Waals surface area contributed by atoms with Gasteiger partial charge in [-0.25, -0.2) is 4.79 Å². The second-order valence-electron chi connectivity index (χ2n) is 7.14. The molecule has 0 spiro atoms. The molecular formula is C24H24N4O3. The van der Waals surface area contributed by atoms with E-state index in [1.807, 2.05) is 84.9 Å². The lowest BCUT2D eigenvalue weighted by Gasteiger charge is -2.40. The van der Waals surface area contributed by atoms with Crippen LogP contribution in [0, 0.1) is 0 Å². The fourth-order valence-electron chi connectivity index (χ4n) is 3.36. The topological polar surface area (TPSA) is 77.4 Å². The van der Waals surface area contributed by atoms with Crippen LogP contribution in [0.25, 0.3) is 0 Å². The molecular weight excluding hydrogens is 392 g/mol. The Labute approximate surface area is 181 Å². The Bertz CT molecular complexity index is 1040. The first kappa shape index (κ1) is 20.4. The summed E-state index contributed by atoms with van der Waals surface area (Å²) in [4.78, 5) is 20.0. The highest BCUT2D eigenvalue weighted by Crippen LogP contribution is 2.22. The number of nitrogens with zero attached hydrogens (tertiary/aromatic N) is 3. The van der Waals surface area contributed by atoms with Crippen LogP contribution in [0.4, 0.5) is 10.5 Å². The third-order valence-electron chi connectivity index (χ3n) is 5.01. The molecule has 0 radical (unpaired) electrons. The van der Waals surface area contributed by atoms with E-state index in [9.17, 15) is 9.90 Å². The van der Waals surface area contributed by atoms with Gasteiger partial charge in [0.25, 0.3) is 0 Å². The predicted molar refractivity (Wildman–Crippen MR) is 119 cm³/mol. The number of benzene rings is 3. The van der Waals surface area contributed by atoms with Gasteiger partial charge in [-0.05, 0) is 35.4 Å². The van der Waals surface area contributed by atoms with Gasteiger partial charge >= 0.3 is 6.03 Å². The summed E-state index contributed by atoms with van der Waals surface area (Å²) in [5, 5.41) is 14.3. The zero-order valence-corrected chi connectivity index (χ0v) is 17.2. The van der Waals surface area contributed by atoms with Gasteiger partial charge in [0.1, 0.15) is 5.75 Å². The number of aliphatic hydroxyl groups is 1. The number of carbonyl (C=O) groups excluding carboxylic acids is 1. The fourth-order valence-corrected chi connectivity index (χ4v) is 3.36. The lowest BCUT2D eigenvalue weighted by atomic mass is 10.2. The van der Waals surface area contributed by atoms with Crippen molar-refractivity contribution in [3.05, 3.63) is 96.1 Å². The molecule has 0 aliphatic carbocycles. The number of hydrogen-bond acceptors (Lipinski definition) is 5. The summed E-state index contributed by atoms with van der Waals surface area (Å²) < 4.78 is 5.23. The van der Waals surface area contributed by atoms with Crippen molar-refractivity contribution in [1.82, 2.24) is 9.80 Å². The summed E-state index contributed by atoms with van der Waals surface area (Å²) in [6.45, 7) is 0.602. The minimum absolute atomic E-state index is 0.252. The number of hydrogen-bond donors (Lipinski definition) is 2. The molecule has 2 amide bonds. The average Bonchev–Trinajstić information content (AvgIpc) is 2.81. The normalized spacial score (nSPS) is 16.1. The monoisotopic (exact) mass is 416 g/mol. The zero-order chi connectivity index (χ0) is 21.6. The van der Waals surface area contributed by atoms with Crippen LogP contribution >= 0.6 is 0 Å². The minimum Gasteiger partial charge on any atom is -0.497 e. The van der Waals surface area contributed by atoms with Gasteiger partial charge in [-0.1, -0.05) is 60.7 Å². The van der Waals surface area contributed by atoms with E-state index in [-0.39, 0.29) is 6.54 Å². The lowest BCUT2D eigenvalue weighted by Crippen LogP contribution is -2.57. The number of methoxy groups -OCH3 is 1. The van der Waals surface area contributed by atoms with Crippen molar-refractivity contribution in [2.45, 2.75) is 19.4 Å². The Kier molecular flexibility index (Phi) is 6.14. The Morgan fingerprint density at radius 3 is 2.10 bits per heavy atom. The summed E-state index contributed by atoms with van der Waals surface area (Å²) in [6.07, 6.45) is -1.18. The molecule has 31 heavy (non-hydrogen) atoms. The quantitative estimate of drug-likeness (QED) is 0.638. The Balaban J connectivity index is 1.63. The Morgan fingerprint density at radius 1 is 0.871 bits per heavy atom. The molecule has 1 aliphatic rings. The second kappa shape index (κ2) is 9.32. The van der Waals surface area contributed by atoms with Gasteiger partial charge in [-0.15, -0.1) is 0 Å². The van der Waals surface area contributed by atoms with E-state index in [1.54, 1.807) is 12.0 Å². The number of rotatable bonds is 6. The Hall–Kier alpha value is -3.84. The van der Waals surface area contributed by atoms with Crippen LogP contribution in [-0.4, -0.2) is 40.4 Å². The molecule has 0 saturated carbocycles. The fraction of sp³-hybridized carbons (Fsp3) is 0.167. The van der Waals surface area contributed by atoms with Gasteiger partial charge < -0.3 is 15.2 Å². The van der Waals surface area contributed by atoms with E-state index in [2.05, 4.69) is 10.3 Å². The summed E-state index contributed by atoms with van der Waals surface area (Å²) in [6, 6.07) is 26.0. The van der Waals surface area contributed by atoms with Crippen LogP contribution in [0.3, 0.4) is 0 Å². The number of ether oxygens (including phenoxy) is 1. The number of guanidine groups is 1. The number of urea groups is 1. The average molecular weight is 416 g/mol. The van der Waals surface area contributed by atoms with E-state index >= 15 is 0 Å². The molecule has 1 unspecified atom stereocenters. The lowest BCUT2D eigenvalue weighted by molar-refractivity contribution is -0.0672. The molecule has 0 fully saturated rings. The van der Waals surface area contributed by atoms with E-state index in [4.69, 9.17) is 4.74 Å². The van der Waals surface area contributed by atoms with Crippen molar-refractivity contribution in [2.75, 3.05) is 12.4 Å². The molecule has 3 aromatic rings. The first-order chi connectivity index (χ1) is 15.1. The van der Waals surface area contributed by atoms with Crippen LogP contribution in [0.1, 0.15) is 11.1 Å². The number of amides is 2. The number of anilines is 1. The minimum atomic E-state index is -1.18. The van der Waals surface area contributed by atoms with Gasteiger partial charge in [0, 0.05) is 5.69 Å². The molecule has 7 heteroatoms. The molecule has 4 rings (SSSR count).